The van der Waals surface area contributed by atoms with Gasteiger partial charge in [0.2, 0.25) is 0 Å². The highest BCUT2D eigenvalue weighted by Crippen LogP contribution is 2.57. The van der Waals surface area contributed by atoms with Crippen LogP contribution in [0.2, 0.25) is 0 Å². The molecule has 2 nitrogen and oxygen atoms in total. The molecular formula is C14H25NO. The Morgan fingerprint density at radius 1 is 1.06 bits per heavy atom. The smallest absolute Gasteiger partial charge is 0.0585 e. The number of aliphatic hydroxyl groups excluding tert-OH is 1. The summed E-state index contributed by atoms with van der Waals surface area (Å²) in [7, 11) is 1.98. The molecule has 0 heterocycles. The minimum atomic E-state index is -0.0394. The molecule has 0 radical (unpaired) electrons. The average Bonchev–Trinajstić information content (AvgIpc) is 2.24. The van der Waals surface area contributed by atoms with Crippen molar-refractivity contribution in [2.45, 2.75) is 44.6 Å². The second-order valence-electron chi connectivity index (χ2n) is 6.47. The fourth-order valence-electron chi connectivity index (χ4n) is 5.08. The predicted molar refractivity (Wildman–Crippen MR) is 65.1 cm³/mol. The van der Waals surface area contributed by atoms with Gasteiger partial charge in [-0.05, 0) is 81.7 Å². The van der Waals surface area contributed by atoms with Crippen molar-refractivity contribution in [3.05, 3.63) is 0 Å². The van der Waals surface area contributed by atoms with Gasteiger partial charge in [0.1, 0.15) is 0 Å². The molecule has 4 aliphatic carbocycles. The van der Waals surface area contributed by atoms with E-state index in [1.807, 2.05) is 7.05 Å². The summed E-state index contributed by atoms with van der Waals surface area (Å²) in [4.78, 5) is 0. The van der Waals surface area contributed by atoms with E-state index in [1.165, 1.54) is 32.1 Å². The lowest BCUT2D eigenvalue weighted by Crippen LogP contribution is -2.49. The summed E-state index contributed by atoms with van der Waals surface area (Å²) in [5.74, 6) is 4.41. The molecule has 4 aliphatic rings. The lowest BCUT2D eigenvalue weighted by Gasteiger charge is -2.55. The van der Waals surface area contributed by atoms with E-state index in [1.54, 1.807) is 0 Å². The van der Waals surface area contributed by atoms with Gasteiger partial charge in [-0.3, -0.25) is 0 Å². The SMILES string of the molecule is CNCCC(O)C1C2CC3CC(C2)CC1C3. The quantitative estimate of drug-likeness (QED) is 0.764. The molecule has 0 spiro atoms. The van der Waals surface area contributed by atoms with Crippen molar-refractivity contribution in [3.63, 3.8) is 0 Å². The van der Waals surface area contributed by atoms with Crippen LogP contribution in [-0.4, -0.2) is 24.8 Å². The first-order valence-corrected chi connectivity index (χ1v) is 7.10. The van der Waals surface area contributed by atoms with E-state index in [2.05, 4.69) is 5.32 Å². The molecule has 2 heteroatoms. The third-order valence-corrected chi connectivity index (χ3v) is 5.43. The van der Waals surface area contributed by atoms with Gasteiger partial charge in [0, 0.05) is 0 Å². The molecule has 92 valence electrons. The van der Waals surface area contributed by atoms with E-state index in [0.717, 1.165) is 36.6 Å². The summed E-state index contributed by atoms with van der Waals surface area (Å²) < 4.78 is 0. The van der Waals surface area contributed by atoms with Crippen LogP contribution >= 0.6 is 0 Å². The van der Waals surface area contributed by atoms with Gasteiger partial charge in [0.05, 0.1) is 6.10 Å². The third-order valence-electron chi connectivity index (χ3n) is 5.43. The molecule has 1 atom stereocenters. The highest BCUT2D eigenvalue weighted by molar-refractivity contribution is 5.00. The number of aliphatic hydroxyl groups is 1. The van der Waals surface area contributed by atoms with Crippen LogP contribution in [-0.2, 0) is 0 Å². The van der Waals surface area contributed by atoms with Crippen molar-refractivity contribution >= 4 is 0 Å². The van der Waals surface area contributed by atoms with Crippen LogP contribution in [0, 0.1) is 29.6 Å². The number of rotatable bonds is 4. The summed E-state index contributed by atoms with van der Waals surface area (Å²) in [6, 6.07) is 0. The van der Waals surface area contributed by atoms with Gasteiger partial charge in [0.25, 0.3) is 0 Å². The van der Waals surface area contributed by atoms with Crippen LogP contribution < -0.4 is 5.32 Å². The summed E-state index contributed by atoms with van der Waals surface area (Å²) >= 11 is 0. The van der Waals surface area contributed by atoms with Gasteiger partial charge < -0.3 is 10.4 Å². The molecule has 0 saturated heterocycles. The Morgan fingerprint density at radius 2 is 1.62 bits per heavy atom. The molecule has 0 aromatic carbocycles. The average molecular weight is 223 g/mol. The largest absolute Gasteiger partial charge is 0.393 e. The number of nitrogens with one attached hydrogen (secondary N) is 1. The number of hydrogen-bond donors (Lipinski definition) is 2. The fourth-order valence-corrected chi connectivity index (χ4v) is 5.08. The molecule has 0 aromatic rings. The first-order chi connectivity index (χ1) is 7.78. The first kappa shape index (κ1) is 11.0. The van der Waals surface area contributed by atoms with Crippen molar-refractivity contribution in [1.29, 1.82) is 0 Å². The van der Waals surface area contributed by atoms with E-state index in [-0.39, 0.29) is 6.10 Å². The first-order valence-electron chi connectivity index (χ1n) is 7.10. The maximum absolute atomic E-state index is 10.4. The van der Waals surface area contributed by atoms with E-state index in [9.17, 15) is 5.11 Å². The minimum absolute atomic E-state index is 0.0394. The number of hydrogen-bond acceptors (Lipinski definition) is 2. The van der Waals surface area contributed by atoms with Crippen LogP contribution in [0.15, 0.2) is 0 Å². The lowest BCUT2D eigenvalue weighted by atomic mass is 9.50. The zero-order valence-corrected chi connectivity index (χ0v) is 10.4. The highest BCUT2D eigenvalue weighted by Gasteiger charge is 2.49. The van der Waals surface area contributed by atoms with E-state index < -0.39 is 0 Å². The van der Waals surface area contributed by atoms with Gasteiger partial charge in [-0.15, -0.1) is 0 Å². The minimum Gasteiger partial charge on any atom is -0.393 e. The molecule has 4 fully saturated rings. The Kier molecular flexibility index (Phi) is 2.97. The van der Waals surface area contributed by atoms with Gasteiger partial charge in [0.15, 0.2) is 0 Å². The highest BCUT2D eigenvalue weighted by atomic mass is 16.3. The van der Waals surface area contributed by atoms with Crippen molar-refractivity contribution in [1.82, 2.24) is 5.32 Å². The normalized spacial score (nSPS) is 47.2. The monoisotopic (exact) mass is 223 g/mol. The molecule has 0 amide bonds. The molecule has 4 bridgehead atoms. The lowest BCUT2D eigenvalue weighted by molar-refractivity contribution is -0.0906. The van der Waals surface area contributed by atoms with Crippen LogP contribution in [0.1, 0.15) is 38.5 Å². The fraction of sp³-hybridized carbons (Fsp3) is 1.00. The molecule has 1 unspecified atom stereocenters. The Bertz CT molecular complexity index is 225. The summed E-state index contributed by atoms with van der Waals surface area (Å²) in [5, 5.41) is 13.5. The standard InChI is InChI=1S/C14H25NO/c1-15-3-2-13(16)14-11-5-9-4-10(7-11)8-12(14)6-9/h9-16H,2-8H2,1H3. The zero-order chi connectivity index (χ0) is 11.1. The maximum Gasteiger partial charge on any atom is 0.0585 e. The Hall–Kier alpha value is -0.0800. The molecular weight excluding hydrogens is 198 g/mol. The van der Waals surface area contributed by atoms with Gasteiger partial charge in [-0.2, -0.15) is 0 Å². The van der Waals surface area contributed by atoms with Gasteiger partial charge in [-0.25, -0.2) is 0 Å². The Morgan fingerprint density at radius 3 is 2.12 bits per heavy atom. The molecule has 2 N–H and O–H groups in total. The maximum atomic E-state index is 10.4. The summed E-state index contributed by atoms with van der Waals surface area (Å²) in [5.41, 5.74) is 0. The Balaban J connectivity index is 1.67. The molecule has 0 aliphatic heterocycles. The van der Waals surface area contributed by atoms with Crippen LogP contribution in [0.4, 0.5) is 0 Å². The van der Waals surface area contributed by atoms with Crippen LogP contribution in [0.5, 0.6) is 0 Å². The van der Waals surface area contributed by atoms with Crippen LogP contribution in [0.25, 0.3) is 0 Å². The zero-order valence-electron chi connectivity index (χ0n) is 10.4. The second kappa shape index (κ2) is 4.30. The van der Waals surface area contributed by atoms with Crippen molar-refractivity contribution in [2.24, 2.45) is 29.6 Å². The molecule has 0 aromatic heterocycles. The molecule has 4 rings (SSSR count). The van der Waals surface area contributed by atoms with Crippen molar-refractivity contribution in [2.75, 3.05) is 13.6 Å². The van der Waals surface area contributed by atoms with Crippen molar-refractivity contribution in [3.8, 4) is 0 Å². The van der Waals surface area contributed by atoms with E-state index in [4.69, 9.17) is 0 Å². The second-order valence-corrected chi connectivity index (χ2v) is 6.47. The predicted octanol–water partition coefficient (Wildman–Crippen LogP) is 2.03. The topological polar surface area (TPSA) is 32.3 Å². The summed E-state index contributed by atoms with van der Waals surface area (Å²) in [6.45, 7) is 0.962. The molecule has 16 heavy (non-hydrogen) atoms. The Labute approximate surface area is 98.8 Å². The molecule has 4 saturated carbocycles. The van der Waals surface area contributed by atoms with Crippen molar-refractivity contribution < 1.29 is 5.11 Å². The van der Waals surface area contributed by atoms with Gasteiger partial charge in [-0.1, -0.05) is 0 Å². The van der Waals surface area contributed by atoms with E-state index >= 15 is 0 Å². The van der Waals surface area contributed by atoms with Crippen LogP contribution in [0.3, 0.4) is 0 Å². The summed E-state index contributed by atoms with van der Waals surface area (Å²) in [6.07, 6.45) is 8.11. The van der Waals surface area contributed by atoms with E-state index in [0.29, 0.717) is 5.92 Å². The van der Waals surface area contributed by atoms with Gasteiger partial charge >= 0.3 is 0 Å². The third kappa shape index (κ3) is 1.80.